The minimum absolute atomic E-state index is 0.896. The van der Waals surface area contributed by atoms with Gasteiger partial charge in [0.2, 0.25) is 3.79 Å². The van der Waals surface area contributed by atoms with Crippen LogP contribution in [0.5, 0.6) is 0 Å². The molecule has 0 aliphatic rings. The molecule has 1 unspecified atom stereocenters. The lowest BCUT2D eigenvalue weighted by atomic mass is 10.2. The van der Waals surface area contributed by atoms with Gasteiger partial charge in [-0.25, -0.2) is 4.79 Å². The van der Waals surface area contributed by atoms with E-state index in [0.717, 1.165) is 21.1 Å². The highest BCUT2D eigenvalue weighted by atomic mass is 35.6. The standard InChI is InChI=1S/C10H16Cl3O8P/c1-6(14)19-8(22(16,17-4)18-5)20-7(15)21-9(2,3)10(11,12)13/h8H,1-5H3. The van der Waals surface area contributed by atoms with Crippen molar-refractivity contribution in [1.82, 2.24) is 0 Å². The van der Waals surface area contributed by atoms with Crippen LogP contribution in [0.2, 0.25) is 0 Å². The molecule has 0 amide bonds. The molecule has 1 atom stereocenters. The molecule has 0 spiro atoms. The minimum Gasteiger partial charge on any atom is -0.424 e. The van der Waals surface area contributed by atoms with Crippen LogP contribution in [0, 0.1) is 0 Å². The molecule has 0 aromatic heterocycles. The van der Waals surface area contributed by atoms with Crippen LogP contribution in [0.3, 0.4) is 0 Å². The second kappa shape index (κ2) is 8.04. The van der Waals surface area contributed by atoms with E-state index in [1.54, 1.807) is 0 Å². The molecule has 130 valence electrons. The molecule has 22 heavy (non-hydrogen) atoms. The third kappa shape index (κ3) is 6.10. The van der Waals surface area contributed by atoms with Gasteiger partial charge >= 0.3 is 25.8 Å². The topological polar surface area (TPSA) is 97.4 Å². The number of ether oxygens (including phenoxy) is 3. The highest BCUT2D eigenvalue weighted by molar-refractivity contribution is 7.54. The molecule has 0 radical (unpaired) electrons. The lowest BCUT2D eigenvalue weighted by Crippen LogP contribution is -2.42. The number of hydrogen-bond acceptors (Lipinski definition) is 8. The summed E-state index contributed by atoms with van der Waals surface area (Å²) in [6.07, 6.45) is -1.41. The van der Waals surface area contributed by atoms with Crippen molar-refractivity contribution in [2.45, 2.75) is 36.2 Å². The Labute approximate surface area is 142 Å². The van der Waals surface area contributed by atoms with Crippen molar-refractivity contribution < 1.29 is 37.4 Å². The average molecular weight is 402 g/mol. The minimum atomic E-state index is -4.07. The van der Waals surface area contributed by atoms with Gasteiger partial charge in [0, 0.05) is 21.1 Å². The molecule has 0 aliphatic heterocycles. The molecule has 0 aliphatic carbocycles. The van der Waals surface area contributed by atoms with Gasteiger partial charge in [-0.1, -0.05) is 34.8 Å². The maximum absolute atomic E-state index is 12.2. The second-order valence-corrected chi connectivity index (χ2v) is 8.81. The molecule has 0 rings (SSSR count). The SMILES string of the molecule is COP(=O)(OC)C(OC(C)=O)OC(=O)OC(C)(C)C(Cl)(Cl)Cl. The van der Waals surface area contributed by atoms with Crippen molar-refractivity contribution in [3.8, 4) is 0 Å². The van der Waals surface area contributed by atoms with Crippen LogP contribution >= 0.6 is 42.4 Å². The van der Waals surface area contributed by atoms with Crippen molar-refractivity contribution in [3.05, 3.63) is 0 Å². The molecule has 0 aromatic rings. The molecule has 0 N–H and O–H groups in total. The van der Waals surface area contributed by atoms with Gasteiger partial charge in [-0.05, 0) is 13.8 Å². The van der Waals surface area contributed by atoms with Crippen LogP contribution in [-0.2, 0) is 32.6 Å². The Balaban J connectivity index is 5.14. The molecule has 0 aromatic carbocycles. The Morgan fingerprint density at radius 3 is 1.82 bits per heavy atom. The largest absolute Gasteiger partial charge is 0.512 e. The first-order valence-corrected chi connectivity index (χ1v) is 8.38. The summed E-state index contributed by atoms with van der Waals surface area (Å²) in [6.45, 7) is 3.60. The second-order valence-electron chi connectivity index (χ2n) is 4.30. The maximum Gasteiger partial charge on any atom is 0.512 e. The van der Waals surface area contributed by atoms with E-state index in [9.17, 15) is 14.2 Å². The Hall–Kier alpha value is -0.240. The molecule has 0 saturated carbocycles. The van der Waals surface area contributed by atoms with E-state index in [1.807, 2.05) is 0 Å². The van der Waals surface area contributed by atoms with Crippen LogP contribution in [0.1, 0.15) is 20.8 Å². The molecule has 8 nitrogen and oxygen atoms in total. The fourth-order valence-electron chi connectivity index (χ4n) is 0.914. The van der Waals surface area contributed by atoms with Gasteiger partial charge < -0.3 is 23.3 Å². The zero-order valence-electron chi connectivity index (χ0n) is 12.4. The molecule has 12 heteroatoms. The summed E-state index contributed by atoms with van der Waals surface area (Å²) in [7, 11) is -2.04. The van der Waals surface area contributed by atoms with E-state index in [0.29, 0.717) is 0 Å². The summed E-state index contributed by atoms with van der Waals surface area (Å²) in [5, 5.41) is 0. The Morgan fingerprint density at radius 1 is 1.05 bits per heavy atom. The third-order valence-electron chi connectivity index (χ3n) is 2.25. The third-order valence-corrected chi connectivity index (χ3v) is 5.36. The summed E-state index contributed by atoms with van der Waals surface area (Å²) in [4.78, 5) is 22.7. The van der Waals surface area contributed by atoms with E-state index in [2.05, 4.69) is 18.5 Å². The van der Waals surface area contributed by atoms with Crippen LogP contribution in [-0.4, -0.2) is 41.8 Å². The quantitative estimate of drug-likeness (QED) is 0.288. The van der Waals surface area contributed by atoms with Gasteiger partial charge in [-0.15, -0.1) is 0 Å². The number of carbonyl (C=O) groups excluding carboxylic acids is 2. The van der Waals surface area contributed by atoms with Crippen molar-refractivity contribution in [2.24, 2.45) is 0 Å². The van der Waals surface area contributed by atoms with E-state index >= 15 is 0 Å². The van der Waals surface area contributed by atoms with E-state index < -0.39 is 35.1 Å². The van der Waals surface area contributed by atoms with Crippen molar-refractivity contribution in [3.63, 3.8) is 0 Å². The molecule has 0 fully saturated rings. The zero-order chi connectivity index (χ0) is 17.8. The summed E-state index contributed by atoms with van der Waals surface area (Å²) < 4.78 is 33.4. The molecular weight excluding hydrogens is 385 g/mol. The van der Waals surface area contributed by atoms with Crippen molar-refractivity contribution in [2.75, 3.05) is 14.2 Å². The van der Waals surface area contributed by atoms with Crippen LogP contribution in [0.4, 0.5) is 4.79 Å². The highest BCUT2D eigenvalue weighted by Gasteiger charge is 2.47. The van der Waals surface area contributed by atoms with Gasteiger partial charge in [-0.2, -0.15) is 0 Å². The van der Waals surface area contributed by atoms with E-state index in [4.69, 9.17) is 39.5 Å². The van der Waals surface area contributed by atoms with Gasteiger partial charge in [-0.3, -0.25) is 9.36 Å². The van der Waals surface area contributed by atoms with E-state index in [1.165, 1.54) is 13.8 Å². The number of esters is 1. The van der Waals surface area contributed by atoms with Crippen LogP contribution in [0.25, 0.3) is 0 Å². The Bertz CT molecular complexity index is 454. The average Bonchev–Trinajstić information content (AvgIpc) is 2.34. The Morgan fingerprint density at radius 2 is 1.50 bits per heavy atom. The summed E-state index contributed by atoms with van der Waals surface area (Å²) >= 11 is 16.9. The molecular formula is C10H16Cl3O8P. The van der Waals surface area contributed by atoms with Crippen molar-refractivity contribution >= 4 is 54.5 Å². The van der Waals surface area contributed by atoms with Gasteiger partial charge in [0.1, 0.15) is 0 Å². The Kier molecular flexibility index (Phi) is 7.95. The first kappa shape index (κ1) is 21.8. The molecule has 0 bridgehead atoms. The lowest BCUT2D eigenvalue weighted by molar-refractivity contribution is -0.160. The van der Waals surface area contributed by atoms with E-state index in [-0.39, 0.29) is 0 Å². The first-order chi connectivity index (χ1) is 9.79. The number of hydrogen-bond donors (Lipinski definition) is 0. The smallest absolute Gasteiger partial charge is 0.424 e. The number of halogens is 3. The summed E-state index contributed by atoms with van der Waals surface area (Å²) in [6, 6.07) is -1.97. The van der Waals surface area contributed by atoms with Gasteiger partial charge in [0.05, 0.1) is 0 Å². The fraction of sp³-hybridized carbons (Fsp3) is 0.800. The predicted octanol–water partition coefficient (Wildman–Crippen LogP) is 3.62. The summed E-state index contributed by atoms with van der Waals surface area (Å²) in [5.41, 5.74) is -1.58. The van der Waals surface area contributed by atoms with Gasteiger partial charge in [0.25, 0.3) is 0 Å². The van der Waals surface area contributed by atoms with Gasteiger partial charge in [0.15, 0.2) is 5.60 Å². The lowest BCUT2D eigenvalue weighted by Gasteiger charge is -2.32. The first-order valence-electron chi connectivity index (χ1n) is 5.64. The predicted molar refractivity (Wildman–Crippen MR) is 79.1 cm³/mol. The fourth-order valence-corrected chi connectivity index (χ4v) is 2.02. The van der Waals surface area contributed by atoms with Crippen LogP contribution < -0.4 is 0 Å². The van der Waals surface area contributed by atoms with Crippen molar-refractivity contribution in [1.29, 1.82) is 0 Å². The highest BCUT2D eigenvalue weighted by Crippen LogP contribution is 2.52. The number of carbonyl (C=O) groups is 2. The maximum atomic E-state index is 12.2. The normalized spacial score (nSPS) is 14.2. The number of alkyl halides is 3. The monoisotopic (exact) mass is 400 g/mol. The molecule has 0 saturated heterocycles. The zero-order valence-corrected chi connectivity index (χ0v) is 15.6. The number of rotatable bonds is 6. The summed E-state index contributed by atoms with van der Waals surface area (Å²) in [5.74, 6) is -0.896. The van der Waals surface area contributed by atoms with Crippen LogP contribution in [0.15, 0.2) is 0 Å². The molecule has 0 heterocycles.